The van der Waals surface area contributed by atoms with E-state index < -0.39 is 6.10 Å². The van der Waals surface area contributed by atoms with Crippen LogP contribution in [0.4, 0.5) is 0 Å². The quantitative estimate of drug-likeness (QED) is 0.790. The van der Waals surface area contributed by atoms with E-state index in [9.17, 15) is 5.11 Å². The number of rotatable bonds is 3. The Labute approximate surface area is 117 Å². The van der Waals surface area contributed by atoms with Gasteiger partial charge in [0.05, 0.1) is 11.6 Å². The highest BCUT2D eigenvalue weighted by Crippen LogP contribution is 2.26. The van der Waals surface area contributed by atoms with E-state index in [2.05, 4.69) is 9.97 Å². The predicted molar refractivity (Wildman–Crippen MR) is 79.4 cm³/mol. The van der Waals surface area contributed by atoms with Crippen LogP contribution in [-0.4, -0.2) is 15.1 Å². The Hall–Kier alpha value is -2.26. The number of aliphatic hydroxyl groups is 1. The first-order chi connectivity index (χ1) is 9.74. The molecule has 1 N–H and O–H groups in total. The van der Waals surface area contributed by atoms with Crippen LogP contribution in [0, 0.1) is 6.92 Å². The fourth-order valence-corrected chi connectivity index (χ4v) is 2.47. The zero-order valence-corrected chi connectivity index (χ0v) is 11.3. The van der Waals surface area contributed by atoms with Crippen molar-refractivity contribution in [2.24, 2.45) is 0 Å². The molecule has 0 fully saturated rings. The van der Waals surface area contributed by atoms with Crippen LogP contribution in [0.15, 0.2) is 54.9 Å². The SMILES string of the molecule is Cc1cc(C(O)Cc2ccncc2)c2ccccc2n1. The Morgan fingerprint density at radius 1 is 1.10 bits per heavy atom. The van der Waals surface area contributed by atoms with E-state index in [0.717, 1.165) is 27.7 Å². The van der Waals surface area contributed by atoms with Crippen molar-refractivity contribution >= 4 is 10.9 Å². The van der Waals surface area contributed by atoms with E-state index in [-0.39, 0.29) is 0 Å². The Bertz CT molecular complexity index is 725. The summed E-state index contributed by atoms with van der Waals surface area (Å²) in [4.78, 5) is 8.50. The van der Waals surface area contributed by atoms with Crippen LogP contribution in [0.3, 0.4) is 0 Å². The average molecular weight is 264 g/mol. The van der Waals surface area contributed by atoms with Crippen LogP contribution in [0.1, 0.15) is 22.9 Å². The summed E-state index contributed by atoms with van der Waals surface area (Å²) in [7, 11) is 0. The lowest BCUT2D eigenvalue weighted by atomic mass is 9.98. The molecule has 0 aliphatic heterocycles. The largest absolute Gasteiger partial charge is 0.388 e. The van der Waals surface area contributed by atoms with Gasteiger partial charge in [0.25, 0.3) is 0 Å². The molecule has 0 radical (unpaired) electrons. The molecule has 3 heteroatoms. The van der Waals surface area contributed by atoms with Crippen molar-refractivity contribution in [1.29, 1.82) is 0 Å². The van der Waals surface area contributed by atoms with Crippen LogP contribution in [0.5, 0.6) is 0 Å². The third-order valence-electron chi connectivity index (χ3n) is 3.41. The number of pyridine rings is 2. The van der Waals surface area contributed by atoms with E-state index in [1.54, 1.807) is 12.4 Å². The number of aryl methyl sites for hydroxylation is 1. The van der Waals surface area contributed by atoms with Gasteiger partial charge >= 0.3 is 0 Å². The van der Waals surface area contributed by atoms with Crippen LogP contribution in [0.2, 0.25) is 0 Å². The molecule has 0 aliphatic rings. The summed E-state index contributed by atoms with van der Waals surface area (Å²) < 4.78 is 0. The number of hydrogen-bond donors (Lipinski definition) is 1. The first-order valence-electron chi connectivity index (χ1n) is 6.67. The highest BCUT2D eigenvalue weighted by atomic mass is 16.3. The number of aromatic nitrogens is 2. The van der Waals surface area contributed by atoms with Gasteiger partial charge in [0.15, 0.2) is 0 Å². The number of aliphatic hydroxyl groups excluding tert-OH is 1. The van der Waals surface area contributed by atoms with Gasteiger partial charge in [-0.15, -0.1) is 0 Å². The first kappa shape index (κ1) is 12.8. The molecule has 0 saturated carbocycles. The molecule has 1 aromatic carbocycles. The maximum absolute atomic E-state index is 10.5. The molecule has 0 amide bonds. The van der Waals surface area contributed by atoms with Gasteiger partial charge in [0.1, 0.15) is 0 Å². The third kappa shape index (κ3) is 2.53. The predicted octanol–water partition coefficient (Wildman–Crippen LogP) is 3.21. The summed E-state index contributed by atoms with van der Waals surface area (Å²) in [5.74, 6) is 0. The maximum atomic E-state index is 10.5. The lowest BCUT2D eigenvalue weighted by Gasteiger charge is -2.14. The molecule has 2 aromatic heterocycles. The normalized spacial score (nSPS) is 12.5. The van der Waals surface area contributed by atoms with Crippen molar-refractivity contribution in [2.75, 3.05) is 0 Å². The van der Waals surface area contributed by atoms with Crippen LogP contribution in [0.25, 0.3) is 10.9 Å². The lowest BCUT2D eigenvalue weighted by Crippen LogP contribution is -2.04. The molecular weight excluding hydrogens is 248 g/mol. The molecule has 20 heavy (non-hydrogen) atoms. The number of hydrogen-bond acceptors (Lipinski definition) is 3. The smallest absolute Gasteiger partial charge is 0.0837 e. The molecule has 100 valence electrons. The molecular formula is C17H16N2O. The van der Waals surface area contributed by atoms with Gasteiger partial charge in [-0.3, -0.25) is 9.97 Å². The number of benzene rings is 1. The second-order valence-corrected chi connectivity index (χ2v) is 4.95. The van der Waals surface area contributed by atoms with Crippen LogP contribution < -0.4 is 0 Å². The molecule has 1 atom stereocenters. The van der Waals surface area contributed by atoms with Gasteiger partial charge in [0, 0.05) is 29.9 Å². The van der Waals surface area contributed by atoms with Crippen molar-refractivity contribution < 1.29 is 5.11 Å². The topological polar surface area (TPSA) is 46.0 Å². The zero-order chi connectivity index (χ0) is 13.9. The first-order valence-corrected chi connectivity index (χ1v) is 6.67. The highest BCUT2D eigenvalue weighted by Gasteiger charge is 2.13. The standard InChI is InChI=1S/C17H16N2O/c1-12-10-15(14-4-2-3-5-16(14)19-12)17(20)11-13-6-8-18-9-7-13/h2-10,17,20H,11H2,1H3. The van der Waals surface area contributed by atoms with Crippen molar-refractivity contribution in [2.45, 2.75) is 19.4 Å². The van der Waals surface area contributed by atoms with Crippen LogP contribution in [-0.2, 0) is 6.42 Å². The van der Waals surface area contributed by atoms with Gasteiger partial charge < -0.3 is 5.11 Å². The average Bonchev–Trinajstić information content (AvgIpc) is 2.47. The van der Waals surface area contributed by atoms with Crippen molar-refractivity contribution in [3.8, 4) is 0 Å². The van der Waals surface area contributed by atoms with Gasteiger partial charge in [-0.1, -0.05) is 18.2 Å². The van der Waals surface area contributed by atoms with E-state index in [4.69, 9.17) is 0 Å². The Morgan fingerprint density at radius 2 is 1.85 bits per heavy atom. The second kappa shape index (κ2) is 5.39. The Balaban J connectivity index is 2.01. The molecule has 1 unspecified atom stereocenters. The molecule has 0 bridgehead atoms. The number of para-hydroxylation sites is 1. The summed E-state index contributed by atoms with van der Waals surface area (Å²) in [5, 5.41) is 11.6. The van der Waals surface area contributed by atoms with Crippen molar-refractivity contribution in [1.82, 2.24) is 9.97 Å². The summed E-state index contributed by atoms with van der Waals surface area (Å²) in [6, 6.07) is 13.8. The van der Waals surface area contributed by atoms with E-state index in [1.165, 1.54) is 0 Å². The Kier molecular flexibility index (Phi) is 3.44. The minimum atomic E-state index is -0.538. The minimum absolute atomic E-state index is 0.538. The summed E-state index contributed by atoms with van der Waals surface area (Å²) >= 11 is 0. The molecule has 0 aliphatic carbocycles. The highest BCUT2D eigenvalue weighted by molar-refractivity contribution is 5.82. The lowest BCUT2D eigenvalue weighted by molar-refractivity contribution is 0.180. The molecule has 3 aromatic rings. The molecule has 0 spiro atoms. The minimum Gasteiger partial charge on any atom is -0.388 e. The molecule has 0 saturated heterocycles. The van der Waals surface area contributed by atoms with Gasteiger partial charge in [-0.05, 0) is 42.3 Å². The molecule has 2 heterocycles. The maximum Gasteiger partial charge on any atom is 0.0837 e. The van der Waals surface area contributed by atoms with Gasteiger partial charge in [-0.2, -0.15) is 0 Å². The Morgan fingerprint density at radius 3 is 2.65 bits per heavy atom. The number of fused-ring (bicyclic) bond motifs is 1. The van der Waals surface area contributed by atoms with E-state index >= 15 is 0 Å². The fraction of sp³-hybridized carbons (Fsp3) is 0.176. The monoisotopic (exact) mass is 264 g/mol. The summed E-state index contributed by atoms with van der Waals surface area (Å²) in [6.07, 6.45) is 3.54. The van der Waals surface area contributed by atoms with Crippen LogP contribution >= 0.6 is 0 Å². The third-order valence-corrected chi connectivity index (χ3v) is 3.41. The molecule has 3 rings (SSSR count). The van der Waals surface area contributed by atoms with E-state index in [1.807, 2.05) is 49.4 Å². The number of nitrogens with zero attached hydrogens (tertiary/aromatic N) is 2. The van der Waals surface area contributed by atoms with Gasteiger partial charge in [0.2, 0.25) is 0 Å². The van der Waals surface area contributed by atoms with Gasteiger partial charge in [-0.25, -0.2) is 0 Å². The van der Waals surface area contributed by atoms with E-state index in [0.29, 0.717) is 6.42 Å². The summed E-state index contributed by atoms with van der Waals surface area (Å²) in [6.45, 7) is 1.95. The fourth-order valence-electron chi connectivity index (χ4n) is 2.47. The zero-order valence-electron chi connectivity index (χ0n) is 11.3. The summed E-state index contributed by atoms with van der Waals surface area (Å²) in [5.41, 5.74) is 3.86. The van der Waals surface area contributed by atoms with Crippen molar-refractivity contribution in [3.05, 3.63) is 71.7 Å². The molecule has 3 nitrogen and oxygen atoms in total. The van der Waals surface area contributed by atoms with Crippen molar-refractivity contribution in [3.63, 3.8) is 0 Å². The second-order valence-electron chi connectivity index (χ2n) is 4.95.